The van der Waals surface area contributed by atoms with E-state index in [0.717, 1.165) is 6.42 Å². The Hall–Kier alpha value is -0.590. The van der Waals surface area contributed by atoms with E-state index in [9.17, 15) is 5.26 Å². The van der Waals surface area contributed by atoms with Crippen LogP contribution in [0, 0.1) is 17.2 Å². The van der Waals surface area contributed by atoms with Crippen molar-refractivity contribution in [2.24, 2.45) is 5.92 Å². The standard InChI is InChI=1S/C14H25N3/c1-11-9-13(7-8-17(11)2)16-14-6-4-3-5-12(14)10-15/h11-14,16H,3-9H2,1-2H3. The van der Waals surface area contributed by atoms with Crippen LogP contribution in [0.15, 0.2) is 0 Å². The van der Waals surface area contributed by atoms with Crippen molar-refractivity contribution >= 4 is 0 Å². The highest BCUT2D eigenvalue weighted by Crippen LogP contribution is 2.26. The van der Waals surface area contributed by atoms with E-state index in [2.05, 4.69) is 30.3 Å². The van der Waals surface area contributed by atoms with Gasteiger partial charge >= 0.3 is 0 Å². The molecule has 2 aliphatic rings. The van der Waals surface area contributed by atoms with Gasteiger partial charge in [-0.15, -0.1) is 0 Å². The Bertz CT molecular complexity index is 284. The normalized spacial score (nSPS) is 39.8. The average molecular weight is 235 g/mol. The second-order valence-corrected chi connectivity index (χ2v) is 5.84. The highest BCUT2D eigenvalue weighted by Gasteiger charge is 2.29. The first-order chi connectivity index (χ1) is 8.20. The molecule has 0 aromatic carbocycles. The monoisotopic (exact) mass is 235 g/mol. The molecule has 0 spiro atoms. The molecule has 4 unspecified atom stereocenters. The van der Waals surface area contributed by atoms with Crippen molar-refractivity contribution in [1.29, 1.82) is 5.26 Å². The van der Waals surface area contributed by atoms with Crippen LogP contribution in [0.5, 0.6) is 0 Å². The van der Waals surface area contributed by atoms with Crippen LogP contribution in [-0.2, 0) is 0 Å². The predicted molar refractivity (Wildman–Crippen MR) is 69.6 cm³/mol. The van der Waals surface area contributed by atoms with Crippen molar-refractivity contribution < 1.29 is 0 Å². The molecular weight excluding hydrogens is 210 g/mol. The number of hydrogen-bond donors (Lipinski definition) is 1. The average Bonchev–Trinajstić information content (AvgIpc) is 2.34. The first-order valence-corrected chi connectivity index (χ1v) is 7.06. The Morgan fingerprint density at radius 3 is 2.71 bits per heavy atom. The minimum Gasteiger partial charge on any atom is -0.310 e. The molecule has 1 heterocycles. The van der Waals surface area contributed by atoms with E-state index in [-0.39, 0.29) is 5.92 Å². The molecule has 1 N–H and O–H groups in total. The van der Waals surface area contributed by atoms with Crippen molar-refractivity contribution in [2.75, 3.05) is 13.6 Å². The van der Waals surface area contributed by atoms with Gasteiger partial charge in [0.2, 0.25) is 0 Å². The summed E-state index contributed by atoms with van der Waals surface area (Å²) >= 11 is 0. The van der Waals surface area contributed by atoms with Gasteiger partial charge in [-0.3, -0.25) is 0 Å². The van der Waals surface area contributed by atoms with Gasteiger partial charge in [0.1, 0.15) is 0 Å². The fourth-order valence-electron chi connectivity index (χ4n) is 3.23. The lowest BCUT2D eigenvalue weighted by Gasteiger charge is -2.39. The second kappa shape index (κ2) is 5.84. The van der Waals surface area contributed by atoms with E-state index in [4.69, 9.17) is 0 Å². The maximum atomic E-state index is 9.19. The summed E-state index contributed by atoms with van der Waals surface area (Å²) in [4.78, 5) is 2.43. The summed E-state index contributed by atoms with van der Waals surface area (Å²) in [7, 11) is 2.21. The number of piperidine rings is 1. The summed E-state index contributed by atoms with van der Waals surface area (Å²) in [5.41, 5.74) is 0. The maximum Gasteiger partial charge on any atom is 0.0672 e. The molecule has 96 valence electrons. The zero-order valence-corrected chi connectivity index (χ0v) is 11.2. The Labute approximate surface area is 105 Å². The van der Waals surface area contributed by atoms with Gasteiger partial charge in [0, 0.05) is 18.1 Å². The lowest BCUT2D eigenvalue weighted by molar-refractivity contribution is 0.151. The molecule has 3 heteroatoms. The van der Waals surface area contributed by atoms with E-state index in [1.807, 2.05) is 0 Å². The van der Waals surface area contributed by atoms with Gasteiger partial charge in [0.05, 0.1) is 12.0 Å². The molecule has 1 aliphatic heterocycles. The van der Waals surface area contributed by atoms with Crippen LogP contribution in [0.1, 0.15) is 45.4 Å². The smallest absolute Gasteiger partial charge is 0.0672 e. The lowest BCUT2D eigenvalue weighted by Crippen LogP contribution is -2.50. The zero-order valence-electron chi connectivity index (χ0n) is 11.2. The molecular formula is C14H25N3. The van der Waals surface area contributed by atoms with Crippen molar-refractivity contribution in [1.82, 2.24) is 10.2 Å². The molecule has 0 aromatic rings. The Morgan fingerprint density at radius 2 is 2.00 bits per heavy atom. The van der Waals surface area contributed by atoms with Gasteiger partial charge in [-0.05, 0) is 46.2 Å². The van der Waals surface area contributed by atoms with Crippen LogP contribution in [0.3, 0.4) is 0 Å². The fourth-order valence-corrected chi connectivity index (χ4v) is 3.23. The molecule has 1 saturated carbocycles. The van der Waals surface area contributed by atoms with Gasteiger partial charge in [0.25, 0.3) is 0 Å². The van der Waals surface area contributed by atoms with E-state index >= 15 is 0 Å². The van der Waals surface area contributed by atoms with Crippen LogP contribution in [0.25, 0.3) is 0 Å². The SMILES string of the molecule is CC1CC(NC2CCCCC2C#N)CCN1C. The first-order valence-electron chi connectivity index (χ1n) is 7.06. The van der Waals surface area contributed by atoms with Crippen LogP contribution in [0.2, 0.25) is 0 Å². The van der Waals surface area contributed by atoms with Gasteiger partial charge in [-0.2, -0.15) is 5.26 Å². The zero-order chi connectivity index (χ0) is 12.3. The summed E-state index contributed by atoms with van der Waals surface area (Å²) in [6.07, 6.45) is 7.27. The summed E-state index contributed by atoms with van der Waals surface area (Å²) in [6.45, 7) is 3.49. The van der Waals surface area contributed by atoms with Crippen LogP contribution < -0.4 is 5.32 Å². The number of hydrogen-bond acceptors (Lipinski definition) is 3. The van der Waals surface area contributed by atoms with Crippen LogP contribution >= 0.6 is 0 Å². The molecule has 0 amide bonds. The third kappa shape index (κ3) is 3.20. The molecule has 4 atom stereocenters. The van der Waals surface area contributed by atoms with Crippen molar-refractivity contribution in [3.63, 3.8) is 0 Å². The minimum absolute atomic E-state index is 0.249. The summed E-state index contributed by atoms with van der Waals surface area (Å²) in [6, 6.07) is 4.24. The number of likely N-dealkylation sites (tertiary alicyclic amines) is 1. The summed E-state index contributed by atoms with van der Waals surface area (Å²) in [5, 5.41) is 12.9. The highest BCUT2D eigenvalue weighted by molar-refractivity contribution is 4.96. The van der Waals surface area contributed by atoms with Gasteiger partial charge < -0.3 is 10.2 Å². The molecule has 0 aromatic heterocycles. The number of nitrogens with one attached hydrogen (secondary N) is 1. The Morgan fingerprint density at radius 1 is 1.24 bits per heavy atom. The molecule has 0 radical (unpaired) electrons. The van der Waals surface area contributed by atoms with Crippen molar-refractivity contribution in [3.8, 4) is 6.07 Å². The first kappa shape index (κ1) is 12.9. The second-order valence-electron chi connectivity index (χ2n) is 5.84. The predicted octanol–water partition coefficient (Wildman–Crippen LogP) is 2.14. The maximum absolute atomic E-state index is 9.19. The number of nitriles is 1. The molecule has 1 saturated heterocycles. The van der Waals surface area contributed by atoms with Gasteiger partial charge in [-0.25, -0.2) is 0 Å². The quantitative estimate of drug-likeness (QED) is 0.797. The summed E-state index contributed by atoms with van der Waals surface area (Å²) < 4.78 is 0. The van der Waals surface area contributed by atoms with E-state index in [1.165, 1.54) is 38.6 Å². The highest BCUT2D eigenvalue weighted by atomic mass is 15.1. The van der Waals surface area contributed by atoms with E-state index < -0.39 is 0 Å². The lowest BCUT2D eigenvalue weighted by atomic mass is 9.84. The molecule has 3 nitrogen and oxygen atoms in total. The Balaban J connectivity index is 1.85. The largest absolute Gasteiger partial charge is 0.310 e. The van der Waals surface area contributed by atoms with Crippen LogP contribution in [-0.4, -0.2) is 36.6 Å². The third-order valence-corrected chi connectivity index (χ3v) is 4.59. The number of rotatable bonds is 2. The van der Waals surface area contributed by atoms with Crippen LogP contribution in [0.4, 0.5) is 0 Å². The van der Waals surface area contributed by atoms with E-state index in [0.29, 0.717) is 18.1 Å². The van der Waals surface area contributed by atoms with E-state index in [1.54, 1.807) is 0 Å². The minimum atomic E-state index is 0.249. The van der Waals surface area contributed by atoms with Gasteiger partial charge in [0.15, 0.2) is 0 Å². The fraction of sp³-hybridized carbons (Fsp3) is 0.929. The Kier molecular flexibility index (Phi) is 4.42. The molecule has 1 aliphatic carbocycles. The van der Waals surface area contributed by atoms with Crippen molar-refractivity contribution in [2.45, 2.75) is 63.6 Å². The number of nitrogens with zero attached hydrogens (tertiary/aromatic N) is 2. The molecule has 2 rings (SSSR count). The van der Waals surface area contributed by atoms with Gasteiger partial charge in [-0.1, -0.05) is 12.8 Å². The van der Waals surface area contributed by atoms with Crippen molar-refractivity contribution in [3.05, 3.63) is 0 Å². The molecule has 2 fully saturated rings. The summed E-state index contributed by atoms with van der Waals surface area (Å²) in [5.74, 6) is 0.249. The third-order valence-electron chi connectivity index (χ3n) is 4.59. The topological polar surface area (TPSA) is 39.1 Å². The molecule has 0 bridgehead atoms. The molecule has 17 heavy (non-hydrogen) atoms.